The third-order valence-electron chi connectivity index (χ3n) is 5.25. The summed E-state index contributed by atoms with van der Waals surface area (Å²) in [7, 11) is 0. The van der Waals surface area contributed by atoms with Crippen LogP contribution in [0, 0.1) is 11.3 Å². The molecule has 0 radical (unpaired) electrons. The van der Waals surface area contributed by atoms with Crippen LogP contribution >= 0.6 is 20.6 Å². The van der Waals surface area contributed by atoms with E-state index in [1.807, 2.05) is 0 Å². The van der Waals surface area contributed by atoms with Gasteiger partial charge in [0.25, 0.3) is 0 Å². The van der Waals surface area contributed by atoms with Crippen molar-refractivity contribution < 1.29 is 58.8 Å². The predicted molar refractivity (Wildman–Crippen MR) is 88.8 cm³/mol. The van der Waals surface area contributed by atoms with Crippen molar-refractivity contribution in [2.75, 3.05) is 0 Å². The van der Waals surface area contributed by atoms with E-state index in [1.54, 1.807) is 0 Å². The molecule has 2 unspecified atom stereocenters. The van der Waals surface area contributed by atoms with Crippen molar-refractivity contribution in [2.24, 2.45) is 11.3 Å². The Kier molecular flexibility index (Phi) is 5.18. The number of rotatable bonds is 0. The van der Waals surface area contributed by atoms with Crippen LogP contribution in [0.1, 0.15) is 20.8 Å². The standard InChI is InChI=1S/C16H13F12IO2/c1-10(2,3)6-4-7-9-8(5-6)12(15(23,24)25,16(26,27)28)31-29(9)30-11(7,13(17,18)19)14(20,21)22/h4-5,7,9H,1-3H3. The van der Waals surface area contributed by atoms with Gasteiger partial charge in [-0.3, -0.25) is 0 Å². The van der Waals surface area contributed by atoms with Crippen LogP contribution in [-0.4, -0.2) is 39.8 Å². The van der Waals surface area contributed by atoms with E-state index in [9.17, 15) is 52.7 Å². The Balaban J connectivity index is 2.37. The maximum atomic E-state index is 13.7. The van der Waals surface area contributed by atoms with Crippen LogP contribution < -0.4 is 0 Å². The van der Waals surface area contributed by atoms with Gasteiger partial charge in [0.2, 0.25) is 0 Å². The molecule has 2 saturated heterocycles. The van der Waals surface area contributed by atoms with E-state index in [0.717, 1.165) is 0 Å². The van der Waals surface area contributed by atoms with Crippen molar-refractivity contribution in [2.45, 2.75) is 60.6 Å². The second-order valence-electron chi connectivity index (χ2n) is 8.20. The first-order valence-corrected chi connectivity index (χ1v) is 11.3. The molecule has 3 rings (SSSR count). The van der Waals surface area contributed by atoms with Crippen molar-refractivity contribution >= 4 is 20.6 Å². The summed E-state index contributed by atoms with van der Waals surface area (Å²) in [5, 5.41) is 0. The fraction of sp³-hybridized carbons (Fsp3) is 0.750. The summed E-state index contributed by atoms with van der Waals surface area (Å²) in [6, 6.07) is 0. The Bertz CT molecular complexity index is 796. The SMILES string of the molecule is CC(C)(C)C1=CC2C3C(=C1)C(C(F)(F)F)(C(F)(F)F)OI3OC2(C(F)(F)F)C(F)(F)F. The van der Waals surface area contributed by atoms with Gasteiger partial charge in [-0.05, 0) is 0 Å². The zero-order valence-corrected chi connectivity index (χ0v) is 17.7. The molecule has 180 valence electrons. The number of hydrogen-bond donors (Lipinski definition) is 0. The van der Waals surface area contributed by atoms with Crippen LogP contribution in [0.15, 0.2) is 23.3 Å². The summed E-state index contributed by atoms with van der Waals surface area (Å²) in [4.78, 5) is 0. The monoisotopic (exact) mass is 592 g/mol. The number of alkyl halides is 13. The fourth-order valence-corrected chi connectivity index (χ4v) is 9.74. The average Bonchev–Trinajstić information content (AvgIpc) is 3.01. The van der Waals surface area contributed by atoms with Crippen LogP contribution in [0.5, 0.6) is 0 Å². The van der Waals surface area contributed by atoms with Crippen molar-refractivity contribution in [1.29, 1.82) is 0 Å². The van der Waals surface area contributed by atoms with Gasteiger partial charge in [-0.2, -0.15) is 0 Å². The van der Waals surface area contributed by atoms with E-state index >= 15 is 0 Å². The zero-order valence-electron chi connectivity index (χ0n) is 15.5. The van der Waals surface area contributed by atoms with Crippen molar-refractivity contribution in [3.63, 3.8) is 0 Å². The first kappa shape index (κ1) is 24.9. The molecule has 0 N–H and O–H groups in total. The van der Waals surface area contributed by atoms with Gasteiger partial charge in [-0.1, -0.05) is 0 Å². The zero-order chi connectivity index (χ0) is 24.2. The summed E-state index contributed by atoms with van der Waals surface area (Å²) in [5.41, 5.74) is -13.7. The Morgan fingerprint density at radius 3 is 1.55 bits per heavy atom. The van der Waals surface area contributed by atoms with Gasteiger partial charge < -0.3 is 0 Å². The van der Waals surface area contributed by atoms with Gasteiger partial charge in [0.15, 0.2) is 0 Å². The molecule has 2 fully saturated rings. The molecule has 1 aliphatic carbocycles. The van der Waals surface area contributed by atoms with Gasteiger partial charge in [0.1, 0.15) is 0 Å². The van der Waals surface area contributed by atoms with E-state index in [-0.39, 0.29) is 0 Å². The Morgan fingerprint density at radius 1 is 0.742 bits per heavy atom. The van der Waals surface area contributed by atoms with Crippen molar-refractivity contribution in [3.05, 3.63) is 23.3 Å². The van der Waals surface area contributed by atoms with Crippen LogP contribution in [-0.2, 0) is 6.13 Å². The molecule has 0 aromatic rings. The van der Waals surface area contributed by atoms with Crippen LogP contribution in [0.4, 0.5) is 52.7 Å². The van der Waals surface area contributed by atoms with E-state index in [1.165, 1.54) is 20.8 Å². The molecule has 15 heteroatoms. The summed E-state index contributed by atoms with van der Waals surface area (Å²) in [6.07, 6.45) is -24.0. The second-order valence-corrected chi connectivity index (χ2v) is 11.8. The minimum atomic E-state index is -6.20. The number of hydrogen-bond acceptors (Lipinski definition) is 2. The maximum absolute atomic E-state index is 13.7. The molecule has 0 spiro atoms. The summed E-state index contributed by atoms with van der Waals surface area (Å²) in [6.45, 7) is 3.68. The first-order chi connectivity index (χ1) is 13.5. The number of halogens is 13. The Morgan fingerprint density at radius 2 is 1.19 bits per heavy atom. The van der Waals surface area contributed by atoms with E-state index in [2.05, 4.69) is 6.13 Å². The molecular formula is C16H13F12IO2. The van der Waals surface area contributed by atoms with E-state index < -0.39 is 83.0 Å². The van der Waals surface area contributed by atoms with Gasteiger partial charge in [0, 0.05) is 0 Å². The minimum absolute atomic E-state index is 0.367. The molecule has 2 atom stereocenters. The molecule has 2 heterocycles. The summed E-state index contributed by atoms with van der Waals surface area (Å²) >= 11 is -5.07. The predicted octanol–water partition coefficient (Wildman–Crippen LogP) is 7.01. The quantitative estimate of drug-likeness (QED) is 0.171. The molecule has 2 aliphatic heterocycles. The third kappa shape index (κ3) is 3.14. The van der Waals surface area contributed by atoms with Crippen LogP contribution in [0.2, 0.25) is 0 Å². The van der Waals surface area contributed by atoms with E-state index in [4.69, 9.17) is 0 Å². The van der Waals surface area contributed by atoms with E-state index in [0.29, 0.717) is 12.2 Å². The van der Waals surface area contributed by atoms with Gasteiger partial charge in [0.05, 0.1) is 0 Å². The van der Waals surface area contributed by atoms with Crippen LogP contribution in [0.3, 0.4) is 0 Å². The van der Waals surface area contributed by atoms with Crippen LogP contribution in [0.25, 0.3) is 0 Å². The van der Waals surface area contributed by atoms with Gasteiger partial charge in [-0.15, -0.1) is 0 Å². The fourth-order valence-electron chi connectivity index (χ4n) is 3.70. The molecular weight excluding hydrogens is 579 g/mol. The second kappa shape index (κ2) is 6.45. The molecule has 31 heavy (non-hydrogen) atoms. The topological polar surface area (TPSA) is 18.5 Å². The third-order valence-corrected chi connectivity index (χ3v) is 10.0. The average molecular weight is 592 g/mol. The van der Waals surface area contributed by atoms with Crippen molar-refractivity contribution in [1.82, 2.24) is 0 Å². The molecule has 0 amide bonds. The summed E-state index contributed by atoms with van der Waals surface area (Å²) in [5.74, 6) is -2.89. The Hall–Kier alpha value is -0.710. The number of allylic oxidation sites excluding steroid dienone is 2. The van der Waals surface area contributed by atoms with Gasteiger partial charge >= 0.3 is 175 Å². The molecule has 0 aromatic heterocycles. The normalized spacial score (nSPS) is 29.6. The molecule has 0 saturated carbocycles. The van der Waals surface area contributed by atoms with Gasteiger partial charge in [-0.25, -0.2) is 0 Å². The van der Waals surface area contributed by atoms with Crippen molar-refractivity contribution in [3.8, 4) is 0 Å². The first-order valence-electron chi connectivity index (χ1n) is 8.31. The molecule has 0 aromatic carbocycles. The Labute approximate surface area is 175 Å². The summed E-state index contributed by atoms with van der Waals surface area (Å²) < 4.78 is 170. The molecule has 2 nitrogen and oxygen atoms in total. The molecule has 0 bridgehead atoms. The molecule has 3 aliphatic rings.